The maximum atomic E-state index is 13.0. The molecule has 1 fully saturated rings. The first-order valence-electron chi connectivity index (χ1n) is 8.63. The van der Waals surface area contributed by atoms with Gasteiger partial charge in [-0.1, -0.05) is 17.7 Å². The summed E-state index contributed by atoms with van der Waals surface area (Å²) in [5.41, 5.74) is 1.93. The molecule has 2 aromatic rings. The van der Waals surface area contributed by atoms with Crippen molar-refractivity contribution < 1.29 is 14.0 Å². The van der Waals surface area contributed by atoms with Gasteiger partial charge in [-0.05, 0) is 31.2 Å². The summed E-state index contributed by atoms with van der Waals surface area (Å²) in [6.45, 7) is 2.99. The fraction of sp³-hybridized carbons (Fsp3) is 0.350. The van der Waals surface area contributed by atoms with Gasteiger partial charge in [-0.15, -0.1) is 0 Å². The summed E-state index contributed by atoms with van der Waals surface area (Å²) < 4.78 is 5.33. The number of amides is 2. The molecule has 0 saturated carbocycles. The summed E-state index contributed by atoms with van der Waals surface area (Å²) in [4.78, 5) is 28.6. The van der Waals surface area contributed by atoms with Crippen LogP contribution in [-0.4, -0.2) is 29.8 Å². The molecule has 1 atom stereocenters. The first-order valence-corrected chi connectivity index (χ1v) is 8.63. The number of hydrogen-bond donors (Lipinski definition) is 0. The molecule has 0 radical (unpaired) electrons. The van der Waals surface area contributed by atoms with Gasteiger partial charge in [-0.25, -0.2) is 0 Å². The second kappa shape index (κ2) is 7.87. The molecule has 1 unspecified atom stereocenters. The number of anilines is 1. The number of benzene rings is 1. The number of carbonyl (C=O) groups excluding carboxylic acids is 2. The smallest absolute Gasteiger partial charge is 0.228 e. The van der Waals surface area contributed by atoms with Crippen LogP contribution in [0, 0.1) is 24.2 Å². The first kappa shape index (κ1) is 17.7. The normalized spacial score (nSPS) is 16.5. The van der Waals surface area contributed by atoms with Gasteiger partial charge in [-0.3, -0.25) is 9.59 Å². The minimum Gasteiger partial charge on any atom is -0.467 e. The van der Waals surface area contributed by atoms with Crippen LogP contribution in [0.2, 0.25) is 0 Å². The molecule has 1 aromatic heterocycles. The molecule has 2 heterocycles. The van der Waals surface area contributed by atoms with E-state index in [1.54, 1.807) is 28.2 Å². The first-order chi connectivity index (χ1) is 12.6. The highest BCUT2D eigenvalue weighted by Crippen LogP contribution is 2.27. The van der Waals surface area contributed by atoms with Crippen LogP contribution in [0.4, 0.5) is 5.69 Å². The number of nitrogens with zero attached hydrogens (tertiary/aromatic N) is 3. The van der Waals surface area contributed by atoms with Gasteiger partial charge in [0.05, 0.1) is 31.2 Å². The minimum atomic E-state index is -0.405. The molecule has 2 amide bonds. The van der Waals surface area contributed by atoms with Crippen molar-refractivity contribution in [3.63, 3.8) is 0 Å². The van der Waals surface area contributed by atoms with Crippen LogP contribution in [0.15, 0.2) is 47.1 Å². The van der Waals surface area contributed by atoms with E-state index in [0.717, 1.165) is 11.3 Å². The van der Waals surface area contributed by atoms with Crippen LogP contribution in [0.1, 0.15) is 24.2 Å². The summed E-state index contributed by atoms with van der Waals surface area (Å²) in [5.74, 6) is 0.0958. The standard InChI is InChI=1S/C20H21N3O3/c1-15-5-7-17(8-6-15)23-13-16(12-19(23)24)20(25)22(10-3-9-21)14-18-4-2-11-26-18/h2,4-8,11,16H,3,10,12-14H2,1H3. The Balaban J connectivity index is 1.71. The van der Waals surface area contributed by atoms with Crippen molar-refractivity contribution in [2.75, 3.05) is 18.0 Å². The van der Waals surface area contributed by atoms with Crippen molar-refractivity contribution >= 4 is 17.5 Å². The molecule has 134 valence electrons. The molecule has 1 saturated heterocycles. The maximum Gasteiger partial charge on any atom is 0.228 e. The van der Waals surface area contributed by atoms with Crippen molar-refractivity contribution in [3.05, 3.63) is 54.0 Å². The predicted molar refractivity (Wildman–Crippen MR) is 96.0 cm³/mol. The van der Waals surface area contributed by atoms with Gasteiger partial charge in [0.1, 0.15) is 5.76 Å². The largest absolute Gasteiger partial charge is 0.467 e. The lowest BCUT2D eigenvalue weighted by Gasteiger charge is -2.24. The highest BCUT2D eigenvalue weighted by atomic mass is 16.3. The summed E-state index contributed by atoms with van der Waals surface area (Å²) in [5, 5.41) is 8.87. The fourth-order valence-electron chi connectivity index (χ4n) is 3.15. The van der Waals surface area contributed by atoms with Crippen molar-refractivity contribution in [3.8, 4) is 6.07 Å². The molecule has 3 rings (SSSR count). The van der Waals surface area contributed by atoms with Gasteiger partial charge < -0.3 is 14.2 Å². The van der Waals surface area contributed by atoms with Gasteiger partial charge in [-0.2, -0.15) is 5.26 Å². The molecule has 0 spiro atoms. The highest BCUT2D eigenvalue weighted by molar-refractivity contribution is 6.00. The lowest BCUT2D eigenvalue weighted by atomic mass is 10.1. The van der Waals surface area contributed by atoms with Crippen molar-refractivity contribution in [2.45, 2.75) is 26.3 Å². The molecule has 1 aromatic carbocycles. The van der Waals surface area contributed by atoms with Crippen LogP contribution in [-0.2, 0) is 16.1 Å². The van der Waals surface area contributed by atoms with Crippen LogP contribution in [0.5, 0.6) is 0 Å². The monoisotopic (exact) mass is 351 g/mol. The van der Waals surface area contributed by atoms with Crippen molar-refractivity contribution in [1.29, 1.82) is 5.26 Å². The number of hydrogen-bond acceptors (Lipinski definition) is 4. The van der Waals surface area contributed by atoms with Crippen LogP contribution in [0.25, 0.3) is 0 Å². The zero-order valence-corrected chi connectivity index (χ0v) is 14.7. The fourth-order valence-corrected chi connectivity index (χ4v) is 3.15. The zero-order valence-electron chi connectivity index (χ0n) is 14.7. The summed E-state index contributed by atoms with van der Waals surface area (Å²) >= 11 is 0. The van der Waals surface area contributed by atoms with Crippen molar-refractivity contribution in [2.24, 2.45) is 5.92 Å². The quantitative estimate of drug-likeness (QED) is 0.802. The summed E-state index contributed by atoms with van der Waals surface area (Å²) in [6, 6.07) is 13.3. The number of furan rings is 1. The van der Waals surface area contributed by atoms with Crippen LogP contribution < -0.4 is 4.90 Å². The maximum absolute atomic E-state index is 13.0. The Morgan fingerprint density at radius 3 is 2.77 bits per heavy atom. The van der Waals surface area contributed by atoms with Crippen LogP contribution >= 0.6 is 0 Å². The average Bonchev–Trinajstić information content (AvgIpc) is 3.28. The lowest BCUT2D eigenvalue weighted by molar-refractivity contribution is -0.136. The number of carbonyl (C=O) groups is 2. The third-order valence-electron chi connectivity index (χ3n) is 4.55. The Kier molecular flexibility index (Phi) is 5.37. The van der Waals surface area contributed by atoms with E-state index in [1.165, 1.54) is 0 Å². The Morgan fingerprint density at radius 2 is 2.12 bits per heavy atom. The highest BCUT2D eigenvalue weighted by Gasteiger charge is 2.37. The Labute approximate surface area is 152 Å². The Bertz CT molecular complexity index is 806. The van der Waals surface area contributed by atoms with Gasteiger partial charge in [0.2, 0.25) is 11.8 Å². The Hall–Kier alpha value is -3.07. The van der Waals surface area contributed by atoms with Gasteiger partial charge in [0.15, 0.2) is 0 Å². The Morgan fingerprint density at radius 1 is 1.35 bits per heavy atom. The molecule has 0 aliphatic carbocycles. The lowest BCUT2D eigenvalue weighted by Crippen LogP contribution is -2.37. The van der Waals surface area contributed by atoms with Gasteiger partial charge in [0, 0.05) is 25.2 Å². The molecular formula is C20H21N3O3. The molecule has 6 nitrogen and oxygen atoms in total. The number of rotatable bonds is 6. The SMILES string of the molecule is Cc1ccc(N2CC(C(=O)N(CCC#N)Cc3ccco3)CC2=O)cc1. The molecular weight excluding hydrogens is 330 g/mol. The number of nitriles is 1. The molecule has 1 aliphatic rings. The van der Waals surface area contributed by atoms with E-state index in [2.05, 4.69) is 6.07 Å². The number of aryl methyl sites for hydroxylation is 1. The van der Waals surface area contributed by atoms with E-state index < -0.39 is 5.92 Å². The van der Waals surface area contributed by atoms with E-state index >= 15 is 0 Å². The molecule has 1 aliphatic heterocycles. The van der Waals surface area contributed by atoms with E-state index in [1.807, 2.05) is 31.2 Å². The van der Waals surface area contributed by atoms with E-state index in [9.17, 15) is 9.59 Å². The second-order valence-electron chi connectivity index (χ2n) is 6.49. The van der Waals surface area contributed by atoms with E-state index in [0.29, 0.717) is 25.4 Å². The second-order valence-corrected chi connectivity index (χ2v) is 6.49. The topological polar surface area (TPSA) is 77.6 Å². The average molecular weight is 351 g/mol. The molecule has 6 heteroatoms. The molecule has 0 N–H and O–H groups in total. The predicted octanol–water partition coefficient (Wildman–Crippen LogP) is 2.88. The van der Waals surface area contributed by atoms with Gasteiger partial charge in [0.25, 0.3) is 0 Å². The third-order valence-corrected chi connectivity index (χ3v) is 4.55. The van der Waals surface area contributed by atoms with Crippen molar-refractivity contribution in [1.82, 2.24) is 4.90 Å². The summed E-state index contributed by atoms with van der Waals surface area (Å²) in [7, 11) is 0. The molecule has 0 bridgehead atoms. The summed E-state index contributed by atoms with van der Waals surface area (Å²) in [6.07, 6.45) is 1.99. The third kappa shape index (κ3) is 3.94. The van der Waals surface area contributed by atoms with Gasteiger partial charge >= 0.3 is 0 Å². The van der Waals surface area contributed by atoms with Crippen LogP contribution in [0.3, 0.4) is 0 Å². The molecule has 26 heavy (non-hydrogen) atoms. The van der Waals surface area contributed by atoms with E-state index in [4.69, 9.17) is 9.68 Å². The minimum absolute atomic E-state index is 0.0505. The zero-order chi connectivity index (χ0) is 18.5. The van der Waals surface area contributed by atoms with E-state index in [-0.39, 0.29) is 24.7 Å².